The molecule has 7 nitrogen and oxygen atoms in total. The van der Waals surface area contributed by atoms with Crippen LogP contribution in [-0.2, 0) is 0 Å². The summed E-state index contributed by atoms with van der Waals surface area (Å²) in [5.74, 6) is -2.47. The quantitative estimate of drug-likeness (QED) is 0.352. The molecule has 3 N–H and O–H groups in total. The van der Waals surface area contributed by atoms with Crippen LogP contribution in [0.3, 0.4) is 0 Å². The Bertz CT molecular complexity index is 1310. The van der Waals surface area contributed by atoms with Crippen LogP contribution in [0, 0.1) is 11.6 Å². The van der Waals surface area contributed by atoms with Gasteiger partial charge in [0.15, 0.2) is 17.3 Å². The van der Waals surface area contributed by atoms with Crippen LogP contribution in [0.5, 0.6) is 0 Å². The maximum Gasteiger partial charge on any atom is 0.323 e. The van der Waals surface area contributed by atoms with Crippen LogP contribution in [0.1, 0.15) is 10.5 Å². The van der Waals surface area contributed by atoms with E-state index < -0.39 is 23.6 Å². The second-order valence-corrected chi connectivity index (χ2v) is 7.30. The van der Waals surface area contributed by atoms with Gasteiger partial charge in [-0.15, -0.1) is 0 Å². The predicted molar refractivity (Wildman–Crippen MR) is 122 cm³/mol. The molecular formula is C23H16ClF2N5O2. The fraction of sp³-hybridized carbons (Fsp3) is 0. The van der Waals surface area contributed by atoms with E-state index in [1.165, 1.54) is 23.0 Å². The van der Waals surface area contributed by atoms with Crippen molar-refractivity contribution in [3.05, 3.63) is 101 Å². The fourth-order valence-corrected chi connectivity index (χ4v) is 3.00. The summed E-state index contributed by atoms with van der Waals surface area (Å²) in [4.78, 5) is 24.6. The summed E-state index contributed by atoms with van der Waals surface area (Å²) in [5.41, 5.74) is 1.95. The summed E-state index contributed by atoms with van der Waals surface area (Å²) in [7, 11) is 0. The number of halogens is 3. The average molecular weight is 468 g/mol. The molecule has 10 heteroatoms. The van der Waals surface area contributed by atoms with Gasteiger partial charge in [0.2, 0.25) is 0 Å². The van der Waals surface area contributed by atoms with Gasteiger partial charge in [-0.05, 0) is 66.7 Å². The first kappa shape index (κ1) is 22.0. The van der Waals surface area contributed by atoms with Crippen molar-refractivity contribution >= 4 is 40.6 Å². The van der Waals surface area contributed by atoms with E-state index in [0.29, 0.717) is 22.1 Å². The molecule has 1 aromatic heterocycles. The van der Waals surface area contributed by atoms with E-state index in [1.807, 2.05) is 0 Å². The molecule has 3 aromatic carbocycles. The van der Waals surface area contributed by atoms with Crippen LogP contribution in [-0.4, -0.2) is 21.7 Å². The van der Waals surface area contributed by atoms with Crippen molar-refractivity contribution in [2.75, 3.05) is 16.0 Å². The number of aromatic nitrogens is 2. The molecule has 0 aliphatic heterocycles. The summed E-state index contributed by atoms with van der Waals surface area (Å²) < 4.78 is 27.8. The number of carbonyl (C=O) groups is 2. The molecule has 166 valence electrons. The number of nitrogens with one attached hydrogen (secondary N) is 3. The largest absolute Gasteiger partial charge is 0.323 e. The number of hydrogen-bond acceptors (Lipinski definition) is 3. The molecule has 0 atom stereocenters. The zero-order valence-electron chi connectivity index (χ0n) is 16.9. The minimum atomic E-state index is -1.01. The second-order valence-electron chi connectivity index (χ2n) is 6.86. The highest BCUT2D eigenvalue weighted by Crippen LogP contribution is 2.17. The zero-order chi connectivity index (χ0) is 23.4. The number of urea groups is 1. The highest BCUT2D eigenvalue weighted by Gasteiger charge is 2.12. The first-order valence-corrected chi connectivity index (χ1v) is 10.0. The minimum absolute atomic E-state index is 0.0873. The standard InChI is InChI=1S/C23H16ClF2N5O2/c24-14-1-3-16(4-2-14)28-23(33)29-17-7-5-15(6-8-17)27-22(32)21-11-12-31(30-21)18-9-10-19(25)20(26)13-18/h1-13H,(H,27,32)(H2,28,29,33). The van der Waals surface area contributed by atoms with Gasteiger partial charge in [-0.1, -0.05) is 11.6 Å². The topological polar surface area (TPSA) is 88.0 Å². The molecule has 1 heterocycles. The summed E-state index contributed by atoms with van der Waals surface area (Å²) in [6.07, 6.45) is 1.47. The van der Waals surface area contributed by atoms with Crippen LogP contribution < -0.4 is 16.0 Å². The SMILES string of the molecule is O=C(Nc1ccc(Cl)cc1)Nc1ccc(NC(=O)c2ccn(-c3ccc(F)c(F)c3)n2)cc1. The lowest BCUT2D eigenvalue weighted by Crippen LogP contribution is -2.19. The van der Waals surface area contributed by atoms with E-state index in [4.69, 9.17) is 11.6 Å². The molecule has 4 rings (SSSR count). The van der Waals surface area contributed by atoms with Gasteiger partial charge in [-0.2, -0.15) is 5.10 Å². The molecule has 0 unspecified atom stereocenters. The van der Waals surface area contributed by atoms with E-state index in [-0.39, 0.29) is 11.4 Å². The van der Waals surface area contributed by atoms with Crippen molar-refractivity contribution in [3.8, 4) is 5.69 Å². The summed E-state index contributed by atoms with van der Waals surface area (Å²) >= 11 is 5.82. The van der Waals surface area contributed by atoms with Gasteiger partial charge in [0, 0.05) is 34.3 Å². The van der Waals surface area contributed by atoms with Gasteiger partial charge in [0.25, 0.3) is 5.91 Å². The Hall–Kier alpha value is -4.24. The van der Waals surface area contributed by atoms with Gasteiger partial charge in [0.1, 0.15) is 0 Å². The molecular weight excluding hydrogens is 452 g/mol. The molecule has 0 aliphatic rings. The molecule has 33 heavy (non-hydrogen) atoms. The Labute approximate surface area is 192 Å². The van der Waals surface area contributed by atoms with Crippen LogP contribution in [0.2, 0.25) is 5.02 Å². The number of amides is 3. The zero-order valence-corrected chi connectivity index (χ0v) is 17.6. The molecule has 0 fully saturated rings. The lowest BCUT2D eigenvalue weighted by Gasteiger charge is -2.09. The Morgan fingerprint density at radius 3 is 1.94 bits per heavy atom. The van der Waals surface area contributed by atoms with Crippen LogP contribution in [0.25, 0.3) is 5.69 Å². The Morgan fingerprint density at radius 1 is 0.758 bits per heavy atom. The van der Waals surface area contributed by atoms with Gasteiger partial charge in [-0.25, -0.2) is 18.3 Å². The Morgan fingerprint density at radius 2 is 1.33 bits per heavy atom. The molecule has 0 aliphatic carbocycles. The van der Waals surface area contributed by atoms with Gasteiger partial charge in [-0.3, -0.25) is 4.79 Å². The number of carbonyl (C=O) groups excluding carboxylic acids is 2. The van der Waals surface area contributed by atoms with Crippen molar-refractivity contribution in [2.45, 2.75) is 0 Å². The summed E-state index contributed by atoms with van der Waals surface area (Å²) in [5, 5.41) is 12.7. The number of rotatable bonds is 5. The number of nitrogens with zero attached hydrogens (tertiary/aromatic N) is 2. The third-order valence-corrected chi connectivity index (χ3v) is 4.74. The molecule has 0 radical (unpaired) electrons. The number of anilines is 3. The van der Waals surface area contributed by atoms with Crippen LogP contribution in [0.15, 0.2) is 79.0 Å². The van der Waals surface area contributed by atoms with Crippen molar-refractivity contribution in [2.24, 2.45) is 0 Å². The smallest absolute Gasteiger partial charge is 0.321 e. The van der Waals surface area contributed by atoms with Crippen molar-refractivity contribution in [3.63, 3.8) is 0 Å². The fourth-order valence-electron chi connectivity index (χ4n) is 2.88. The minimum Gasteiger partial charge on any atom is -0.321 e. The summed E-state index contributed by atoms with van der Waals surface area (Å²) in [6, 6.07) is 17.5. The van der Waals surface area contributed by atoms with Gasteiger partial charge in [0.05, 0.1) is 5.69 Å². The number of benzene rings is 3. The lowest BCUT2D eigenvalue weighted by atomic mass is 10.2. The van der Waals surface area contributed by atoms with Crippen molar-refractivity contribution in [1.29, 1.82) is 0 Å². The number of hydrogen-bond donors (Lipinski definition) is 3. The Balaban J connectivity index is 1.35. The van der Waals surface area contributed by atoms with Crippen LogP contribution in [0.4, 0.5) is 30.6 Å². The third-order valence-electron chi connectivity index (χ3n) is 4.49. The second kappa shape index (κ2) is 9.49. The van der Waals surface area contributed by atoms with Gasteiger partial charge < -0.3 is 16.0 Å². The first-order chi connectivity index (χ1) is 15.9. The van der Waals surface area contributed by atoms with Crippen LogP contribution >= 0.6 is 11.6 Å². The predicted octanol–water partition coefficient (Wildman–Crippen LogP) is 5.70. The molecule has 0 spiro atoms. The van der Waals surface area contributed by atoms with Crippen molar-refractivity contribution in [1.82, 2.24) is 9.78 Å². The van der Waals surface area contributed by atoms with E-state index in [1.54, 1.807) is 48.5 Å². The lowest BCUT2D eigenvalue weighted by molar-refractivity contribution is 0.102. The third kappa shape index (κ3) is 5.52. The molecule has 3 amide bonds. The molecule has 0 saturated heterocycles. The van der Waals surface area contributed by atoms with E-state index in [0.717, 1.165) is 12.1 Å². The van der Waals surface area contributed by atoms with Crippen molar-refractivity contribution < 1.29 is 18.4 Å². The van der Waals surface area contributed by atoms with Gasteiger partial charge >= 0.3 is 6.03 Å². The first-order valence-electron chi connectivity index (χ1n) is 9.63. The Kier molecular flexibility index (Phi) is 6.32. The average Bonchev–Trinajstić information content (AvgIpc) is 3.29. The molecule has 0 bridgehead atoms. The highest BCUT2D eigenvalue weighted by atomic mass is 35.5. The summed E-state index contributed by atoms with van der Waals surface area (Å²) in [6.45, 7) is 0. The highest BCUT2D eigenvalue weighted by molar-refractivity contribution is 6.30. The van der Waals surface area contributed by atoms with E-state index >= 15 is 0 Å². The molecule has 4 aromatic rings. The molecule has 0 saturated carbocycles. The normalized spacial score (nSPS) is 10.5. The van der Waals surface area contributed by atoms with E-state index in [9.17, 15) is 18.4 Å². The maximum absolute atomic E-state index is 13.4. The maximum atomic E-state index is 13.4. The van der Waals surface area contributed by atoms with E-state index in [2.05, 4.69) is 21.0 Å². The monoisotopic (exact) mass is 467 g/mol.